The van der Waals surface area contributed by atoms with Crippen LogP contribution in [0.3, 0.4) is 0 Å². The molecule has 2 aliphatic rings. The Kier molecular flexibility index (Phi) is 5.68. The minimum Gasteiger partial charge on any atom is -0.347 e. The summed E-state index contributed by atoms with van der Waals surface area (Å²) in [4.78, 5) is 35.3. The van der Waals surface area contributed by atoms with E-state index in [0.29, 0.717) is 30.2 Å². The van der Waals surface area contributed by atoms with E-state index in [-0.39, 0.29) is 29.8 Å². The molecule has 2 aliphatic heterocycles. The normalized spacial score (nSPS) is 17.8. The van der Waals surface area contributed by atoms with Crippen molar-refractivity contribution in [3.8, 4) is 0 Å². The number of anilines is 1. The standard InChI is InChI=1S/C25H29N5O4S/c1-16-6-8-19-20(12-16)28-22(27-19)14-26-23(31)15-30-21-9-7-17(13-18(21)25(2,3)24(30)32)35(33,34)29-10-4-5-11-29/h6-9,12-13H,4-5,10-11,14-15H2,1-3H3,(H,26,31)(H,27,28). The minimum atomic E-state index is -3.61. The molecule has 2 aromatic carbocycles. The number of hydrogen-bond donors (Lipinski definition) is 2. The summed E-state index contributed by atoms with van der Waals surface area (Å²) in [5.74, 6) is 0.0640. The second-order valence-corrected chi connectivity index (χ2v) is 11.7. The Morgan fingerprint density at radius 1 is 1.14 bits per heavy atom. The number of fused-ring (bicyclic) bond motifs is 2. The van der Waals surface area contributed by atoms with Crippen LogP contribution in [0.1, 0.15) is 43.6 Å². The van der Waals surface area contributed by atoms with Crippen molar-refractivity contribution in [3.63, 3.8) is 0 Å². The lowest BCUT2D eigenvalue weighted by atomic mass is 9.86. The number of imidazole rings is 1. The first kappa shape index (κ1) is 23.5. The molecule has 0 aliphatic carbocycles. The van der Waals surface area contributed by atoms with Gasteiger partial charge in [-0.3, -0.25) is 9.59 Å². The lowest BCUT2D eigenvalue weighted by molar-refractivity contribution is -0.125. The maximum atomic E-state index is 13.2. The molecule has 0 bridgehead atoms. The highest BCUT2D eigenvalue weighted by Gasteiger charge is 2.45. The fourth-order valence-electron chi connectivity index (χ4n) is 4.85. The van der Waals surface area contributed by atoms with Gasteiger partial charge in [0.1, 0.15) is 12.4 Å². The van der Waals surface area contributed by atoms with E-state index in [1.807, 2.05) is 25.1 Å². The van der Waals surface area contributed by atoms with Crippen molar-refractivity contribution in [3.05, 3.63) is 53.3 Å². The van der Waals surface area contributed by atoms with E-state index >= 15 is 0 Å². The summed E-state index contributed by atoms with van der Waals surface area (Å²) in [5, 5.41) is 2.82. The van der Waals surface area contributed by atoms with Gasteiger partial charge in [0.05, 0.1) is 27.9 Å². The Labute approximate surface area is 204 Å². The van der Waals surface area contributed by atoms with E-state index in [1.165, 1.54) is 15.3 Å². The Hall–Kier alpha value is -3.24. The van der Waals surface area contributed by atoms with Gasteiger partial charge in [0.25, 0.3) is 0 Å². The predicted octanol–water partition coefficient (Wildman–Crippen LogP) is 2.60. The lowest BCUT2D eigenvalue weighted by Crippen LogP contribution is -2.42. The Morgan fingerprint density at radius 3 is 2.63 bits per heavy atom. The van der Waals surface area contributed by atoms with Gasteiger partial charge in [-0.1, -0.05) is 6.07 Å². The molecule has 1 aromatic heterocycles. The van der Waals surface area contributed by atoms with Crippen molar-refractivity contribution in [1.82, 2.24) is 19.6 Å². The third-order valence-corrected chi connectivity index (χ3v) is 8.75. The van der Waals surface area contributed by atoms with Gasteiger partial charge in [-0.15, -0.1) is 0 Å². The zero-order valence-corrected chi connectivity index (χ0v) is 20.9. The number of nitrogens with zero attached hydrogens (tertiary/aromatic N) is 3. The number of benzene rings is 2. The Morgan fingerprint density at radius 2 is 1.89 bits per heavy atom. The van der Waals surface area contributed by atoms with Crippen LogP contribution < -0.4 is 10.2 Å². The monoisotopic (exact) mass is 495 g/mol. The van der Waals surface area contributed by atoms with Crippen molar-refractivity contribution in [2.45, 2.75) is 50.5 Å². The first-order valence-electron chi connectivity index (χ1n) is 11.8. The summed E-state index contributed by atoms with van der Waals surface area (Å²) in [6, 6.07) is 10.7. The highest BCUT2D eigenvalue weighted by Crippen LogP contribution is 2.42. The van der Waals surface area contributed by atoms with Gasteiger partial charge < -0.3 is 15.2 Å². The molecule has 0 spiro atoms. The lowest BCUT2D eigenvalue weighted by Gasteiger charge is -2.19. The Balaban J connectivity index is 1.33. The fourth-order valence-corrected chi connectivity index (χ4v) is 6.39. The van der Waals surface area contributed by atoms with E-state index in [2.05, 4.69) is 15.3 Å². The highest BCUT2D eigenvalue weighted by atomic mass is 32.2. The second kappa shape index (κ2) is 8.46. The van der Waals surface area contributed by atoms with Crippen molar-refractivity contribution >= 4 is 38.6 Å². The molecule has 2 amide bonds. The fraction of sp³-hybridized carbons (Fsp3) is 0.400. The number of aromatic amines is 1. The summed E-state index contributed by atoms with van der Waals surface area (Å²) < 4.78 is 27.6. The third kappa shape index (κ3) is 4.10. The van der Waals surface area contributed by atoms with E-state index < -0.39 is 15.4 Å². The van der Waals surface area contributed by atoms with Crippen LogP contribution in [0.4, 0.5) is 5.69 Å². The maximum absolute atomic E-state index is 13.2. The van der Waals surface area contributed by atoms with Crippen molar-refractivity contribution < 1.29 is 18.0 Å². The molecule has 35 heavy (non-hydrogen) atoms. The van der Waals surface area contributed by atoms with Gasteiger partial charge >= 0.3 is 0 Å². The minimum absolute atomic E-state index is 0.160. The molecule has 0 unspecified atom stereocenters. The summed E-state index contributed by atoms with van der Waals surface area (Å²) in [6.07, 6.45) is 1.70. The van der Waals surface area contributed by atoms with Crippen molar-refractivity contribution in [2.75, 3.05) is 24.5 Å². The molecule has 1 fully saturated rings. The molecular weight excluding hydrogens is 466 g/mol. The van der Waals surface area contributed by atoms with Crippen LogP contribution in [-0.2, 0) is 31.6 Å². The van der Waals surface area contributed by atoms with Gasteiger partial charge in [0.15, 0.2) is 0 Å². The summed E-state index contributed by atoms with van der Waals surface area (Å²) in [7, 11) is -3.61. The number of hydrogen-bond acceptors (Lipinski definition) is 5. The maximum Gasteiger partial charge on any atom is 0.243 e. The van der Waals surface area contributed by atoms with Crippen LogP contribution >= 0.6 is 0 Å². The van der Waals surface area contributed by atoms with E-state index in [9.17, 15) is 18.0 Å². The summed E-state index contributed by atoms with van der Waals surface area (Å²) in [5.41, 5.74) is 3.08. The summed E-state index contributed by atoms with van der Waals surface area (Å²) in [6.45, 7) is 6.59. The SMILES string of the molecule is Cc1ccc2nc(CNC(=O)CN3C(=O)C(C)(C)c4cc(S(=O)(=O)N5CCCC5)ccc43)[nH]c2c1. The van der Waals surface area contributed by atoms with Crippen LogP contribution in [0.5, 0.6) is 0 Å². The first-order chi connectivity index (χ1) is 16.6. The highest BCUT2D eigenvalue weighted by molar-refractivity contribution is 7.89. The smallest absolute Gasteiger partial charge is 0.243 e. The predicted molar refractivity (Wildman–Crippen MR) is 132 cm³/mol. The topological polar surface area (TPSA) is 115 Å². The first-order valence-corrected chi connectivity index (χ1v) is 13.2. The van der Waals surface area contributed by atoms with Crippen LogP contribution in [0.15, 0.2) is 41.3 Å². The zero-order chi connectivity index (χ0) is 25.0. The van der Waals surface area contributed by atoms with Gasteiger partial charge in [-0.2, -0.15) is 4.31 Å². The van der Waals surface area contributed by atoms with Gasteiger partial charge in [-0.05, 0) is 75.1 Å². The molecule has 10 heteroatoms. The molecule has 1 saturated heterocycles. The molecule has 3 aromatic rings. The average Bonchev–Trinajstić information content (AvgIpc) is 3.53. The van der Waals surface area contributed by atoms with Gasteiger partial charge in [-0.25, -0.2) is 13.4 Å². The molecule has 0 radical (unpaired) electrons. The zero-order valence-electron chi connectivity index (χ0n) is 20.1. The number of sulfonamides is 1. The number of amides is 2. The number of carbonyl (C=O) groups is 2. The van der Waals surface area contributed by atoms with Crippen LogP contribution in [0, 0.1) is 6.92 Å². The Bertz CT molecular complexity index is 1440. The molecule has 184 valence electrons. The second-order valence-electron chi connectivity index (χ2n) is 9.79. The number of aryl methyl sites for hydroxylation is 1. The number of aromatic nitrogens is 2. The average molecular weight is 496 g/mol. The molecule has 9 nitrogen and oxygen atoms in total. The molecule has 3 heterocycles. The third-order valence-electron chi connectivity index (χ3n) is 6.86. The van der Waals surface area contributed by atoms with Crippen LogP contribution in [-0.4, -0.2) is 54.1 Å². The molecular formula is C25H29N5O4S. The number of carbonyl (C=O) groups excluding carboxylic acids is 2. The molecule has 5 rings (SSSR count). The van der Waals surface area contributed by atoms with E-state index in [4.69, 9.17) is 0 Å². The largest absolute Gasteiger partial charge is 0.347 e. The van der Waals surface area contributed by atoms with Crippen molar-refractivity contribution in [2.24, 2.45) is 0 Å². The van der Waals surface area contributed by atoms with Crippen LogP contribution in [0.2, 0.25) is 0 Å². The molecule has 0 saturated carbocycles. The van der Waals surface area contributed by atoms with E-state index in [0.717, 1.165) is 29.4 Å². The number of H-pyrrole nitrogens is 1. The van der Waals surface area contributed by atoms with Crippen molar-refractivity contribution in [1.29, 1.82) is 0 Å². The number of nitrogens with one attached hydrogen (secondary N) is 2. The van der Waals surface area contributed by atoms with Gasteiger partial charge in [0, 0.05) is 18.8 Å². The molecule has 2 N–H and O–H groups in total. The summed E-state index contributed by atoms with van der Waals surface area (Å²) >= 11 is 0. The molecule has 0 atom stereocenters. The van der Waals surface area contributed by atoms with Crippen LogP contribution in [0.25, 0.3) is 11.0 Å². The quantitative estimate of drug-likeness (QED) is 0.545. The number of rotatable bonds is 6. The van der Waals surface area contributed by atoms with Gasteiger partial charge in [0.2, 0.25) is 21.8 Å². The van der Waals surface area contributed by atoms with E-state index in [1.54, 1.807) is 26.0 Å².